The summed E-state index contributed by atoms with van der Waals surface area (Å²) >= 11 is 0. The van der Waals surface area contributed by atoms with Gasteiger partial charge in [-0.25, -0.2) is 4.39 Å². The van der Waals surface area contributed by atoms with Crippen LogP contribution in [0.2, 0.25) is 0 Å². The van der Waals surface area contributed by atoms with Crippen LogP contribution in [0.5, 0.6) is 0 Å². The van der Waals surface area contributed by atoms with Crippen molar-refractivity contribution < 1.29 is 4.39 Å². The van der Waals surface area contributed by atoms with Crippen LogP contribution in [0.1, 0.15) is 45.2 Å². The first-order valence-electron chi connectivity index (χ1n) is 6.52. The smallest absolute Gasteiger partial charge is 0.123 e. The topological polar surface area (TPSA) is 12.0 Å². The highest BCUT2D eigenvalue weighted by atomic mass is 19.1. The van der Waals surface area contributed by atoms with E-state index < -0.39 is 0 Å². The van der Waals surface area contributed by atoms with Gasteiger partial charge in [-0.15, -0.1) is 0 Å². The van der Waals surface area contributed by atoms with Gasteiger partial charge >= 0.3 is 0 Å². The number of halogens is 1. The first kappa shape index (κ1) is 14.9. The highest BCUT2D eigenvalue weighted by Gasteiger charge is 2.09. The molecule has 1 nitrogen and oxygen atoms in total. The summed E-state index contributed by atoms with van der Waals surface area (Å²) in [4.78, 5) is 0. The van der Waals surface area contributed by atoms with Gasteiger partial charge in [0.2, 0.25) is 0 Å². The molecule has 0 aliphatic heterocycles. The van der Waals surface area contributed by atoms with Gasteiger partial charge in [0, 0.05) is 12.1 Å². The summed E-state index contributed by atoms with van der Waals surface area (Å²) in [6, 6.07) is 4.94. The highest BCUT2D eigenvalue weighted by molar-refractivity contribution is 5.56. The monoisotopic (exact) mass is 249 g/mol. The Morgan fingerprint density at radius 1 is 1.33 bits per heavy atom. The van der Waals surface area contributed by atoms with E-state index in [4.69, 9.17) is 0 Å². The maximum atomic E-state index is 13.0. The second kappa shape index (κ2) is 6.14. The molecule has 0 aliphatic carbocycles. The summed E-state index contributed by atoms with van der Waals surface area (Å²) in [7, 11) is 0. The van der Waals surface area contributed by atoms with Gasteiger partial charge in [-0.2, -0.15) is 0 Å². The van der Waals surface area contributed by atoms with Crippen molar-refractivity contribution in [2.45, 2.75) is 46.6 Å². The summed E-state index contributed by atoms with van der Waals surface area (Å²) < 4.78 is 13.0. The summed E-state index contributed by atoms with van der Waals surface area (Å²) in [5.74, 6) is -0.171. The largest absolute Gasteiger partial charge is 0.308 e. The molecule has 0 unspecified atom stereocenters. The van der Waals surface area contributed by atoms with Gasteiger partial charge in [0.25, 0.3) is 0 Å². The zero-order chi connectivity index (χ0) is 13.8. The lowest BCUT2D eigenvalue weighted by Crippen LogP contribution is -2.36. The number of hydrogen-bond donors (Lipinski definition) is 1. The van der Waals surface area contributed by atoms with Gasteiger partial charge in [0.15, 0.2) is 0 Å². The number of rotatable bonds is 4. The lowest BCUT2D eigenvalue weighted by atomic mass is 10.0. The molecular formula is C16H24FN. The maximum absolute atomic E-state index is 13.0. The minimum Gasteiger partial charge on any atom is -0.308 e. The van der Waals surface area contributed by atoms with E-state index in [1.54, 1.807) is 6.07 Å². The lowest BCUT2D eigenvalue weighted by molar-refractivity contribution is 0.443. The molecule has 0 bridgehead atoms. The number of hydrogen-bond acceptors (Lipinski definition) is 1. The lowest BCUT2D eigenvalue weighted by Gasteiger charge is -2.21. The van der Waals surface area contributed by atoms with Crippen LogP contribution in [0, 0.1) is 12.7 Å². The third kappa shape index (κ3) is 5.01. The Bertz CT molecular complexity index is 427. The fourth-order valence-corrected chi connectivity index (χ4v) is 1.68. The number of benzene rings is 1. The molecule has 18 heavy (non-hydrogen) atoms. The number of aryl methyl sites for hydroxylation is 1. The molecule has 0 aliphatic rings. The van der Waals surface area contributed by atoms with Crippen molar-refractivity contribution in [2.75, 3.05) is 6.54 Å². The average Bonchev–Trinajstić information content (AvgIpc) is 2.25. The van der Waals surface area contributed by atoms with Crippen LogP contribution >= 0.6 is 0 Å². The van der Waals surface area contributed by atoms with Gasteiger partial charge in [-0.3, -0.25) is 0 Å². The second-order valence-corrected chi connectivity index (χ2v) is 5.76. The van der Waals surface area contributed by atoms with Crippen LogP contribution in [0.25, 0.3) is 6.08 Å². The van der Waals surface area contributed by atoms with Gasteiger partial charge in [-0.1, -0.05) is 24.6 Å². The van der Waals surface area contributed by atoms with Crippen molar-refractivity contribution >= 4 is 6.08 Å². The summed E-state index contributed by atoms with van der Waals surface area (Å²) in [5.41, 5.74) is 3.53. The zero-order valence-corrected chi connectivity index (χ0v) is 12.1. The molecule has 0 aromatic heterocycles. The molecule has 0 saturated carbocycles. The van der Waals surface area contributed by atoms with E-state index in [-0.39, 0.29) is 11.4 Å². The minimum atomic E-state index is -0.171. The van der Waals surface area contributed by atoms with Crippen LogP contribution in [-0.2, 0) is 0 Å². The maximum Gasteiger partial charge on any atom is 0.123 e. The normalized spacial score (nSPS) is 12.9. The predicted molar refractivity (Wildman–Crippen MR) is 77.2 cm³/mol. The van der Waals surface area contributed by atoms with Gasteiger partial charge < -0.3 is 5.32 Å². The summed E-state index contributed by atoms with van der Waals surface area (Å²) in [5, 5.41) is 3.48. The van der Waals surface area contributed by atoms with E-state index in [0.29, 0.717) is 0 Å². The van der Waals surface area contributed by atoms with E-state index in [0.717, 1.165) is 24.1 Å². The molecule has 1 rings (SSSR count). The second-order valence-electron chi connectivity index (χ2n) is 5.76. The van der Waals surface area contributed by atoms with E-state index in [1.165, 1.54) is 11.6 Å². The Labute approximate surface area is 110 Å². The Kier molecular flexibility index (Phi) is 5.09. The first-order valence-corrected chi connectivity index (χ1v) is 6.52. The van der Waals surface area contributed by atoms with E-state index in [2.05, 4.69) is 39.1 Å². The SMILES string of the molecule is CCC(=Cc1ccc(F)cc1C)CNC(C)(C)C. The molecular weight excluding hydrogens is 225 g/mol. The van der Waals surface area contributed by atoms with E-state index in [9.17, 15) is 4.39 Å². The van der Waals surface area contributed by atoms with Crippen LogP contribution in [0.4, 0.5) is 4.39 Å². The van der Waals surface area contributed by atoms with E-state index in [1.807, 2.05) is 13.0 Å². The molecule has 1 aromatic rings. The van der Waals surface area contributed by atoms with Crippen molar-refractivity contribution in [1.29, 1.82) is 0 Å². The van der Waals surface area contributed by atoms with Crippen molar-refractivity contribution in [1.82, 2.24) is 5.32 Å². The molecule has 2 heteroatoms. The predicted octanol–water partition coefficient (Wildman–Crippen LogP) is 4.32. The van der Waals surface area contributed by atoms with Crippen molar-refractivity contribution in [2.24, 2.45) is 0 Å². The van der Waals surface area contributed by atoms with Gasteiger partial charge in [0.1, 0.15) is 5.82 Å². The average molecular weight is 249 g/mol. The Balaban J connectivity index is 2.84. The fraction of sp³-hybridized carbons (Fsp3) is 0.500. The third-order valence-corrected chi connectivity index (χ3v) is 2.89. The van der Waals surface area contributed by atoms with Crippen molar-refractivity contribution in [3.8, 4) is 0 Å². The molecule has 0 atom stereocenters. The van der Waals surface area contributed by atoms with Crippen molar-refractivity contribution in [3.63, 3.8) is 0 Å². The molecule has 1 N–H and O–H groups in total. The van der Waals surface area contributed by atoms with Crippen molar-refractivity contribution in [3.05, 3.63) is 40.7 Å². The first-order chi connectivity index (χ1) is 8.31. The third-order valence-electron chi connectivity index (χ3n) is 2.89. The molecule has 1 aromatic carbocycles. The Hall–Kier alpha value is -1.15. The Morgan fingerprint density at radius 3 is 2.50 bits per heavy atom. The summed E-state index contributed by atoms with van der Waals surface area (Å²) in [6.07, 6.45) is 3.16. The minimum absolute atomic E-state index is 0.117. The zero-order valence-electron chi connectivity index (χ0n) is 12.1. The molecule has 0 saturated heterocycles. The van der Waals surface area contributed by atoms with Gasteiger partial charge in [0.05, 0.1) is 0 Å². The van der Waals surface area contributed by atoms with Crippen LogP contribution in [-0.4, -0.2) is 12.1 Å². The Morgan fingerprint density at radius 2 is 2.00 bits per heavy atom. The summed E-state index contributed by atoms with van der Waals surface area (Å²) in [6.45, 7) is 11.4. The fourth-order valence-electron chi connectivity index (χ4n) is 1.68. The van der Waals surface area contributed by atoms with Crippen LogP contribution < -0.4 is 5.32 Å². The highest BCUT2D eigenvalue weighted by Crippen LogP contribution is 2.15. The molecule has 0 radical (unpaired) electrons. The number of nitrogens with one attached hydrogen (secondary N) is 1. The molecule has 0 spiro atoms. The molecule has 0 heterocycles. The van der Waals surface area contributed by atoms with Crippen LogP contribution in [0.3, 0.4) is 0 Å². The van der Waals surface area contributed by atoms with Crippen LogP contribution in [0.15, 0.2) is 23.8 Å². The standard InChI is InChI=1S/C16H24FN/c1-6-13(11-18-16(3,4)5)10-14-7-8-15(17)9-12(14)2/h7-10,18H,6,11H2,1-5H3. The molecule has 0 fully saturated rings. The molecule has 0 amide bonds. The van der Waals surface area contributed by atoms with Gasteiger partial charge in [-0.05, 0) is 57.4 Å². The molecule has 100 valence electrons. The quantitative estimate of drug-likeness (QED) is 0.838. The van der Waals surface area contributed by atoms with E-state index >= 15 is 0 Å².